The van der Waals surface area contributed by atoms with Gasteiger partial charge in [0, 0.05) is 51.3 Å². The van der Waals surface area contributed by atoms with Crippen LogP contribution < -0.4 is 5.32 Å². The van der Waals surface area contributed by atoms with Crippen LogP contribution in [0.2, 0.25) is 0 Å². The lowest BCUT2D eigenvalue weighted by molar-refractivity contribution is 0.141. The zero-order chi connectivity index (χ0) is 14.8. The first kappa shape index (κ1) is 14.0. The van der Waals surface area contributed by atoms with E-state index in [1.54, 1.807) is 6.07 Å². The largest absolute Gasteiger partial charge is 0.506 e. The van der Waals surface area contributed by atoms with Crippen molar-refractivity contribution in [2.45, 2.75) is 19.5 Å². The third kappa shape index (κ3) is 2.91. The summed E-state index contributed by atoms with van der Waals surface area (Å²) >= 11 is 0. The molecule has 1 aliphatic heterocycles. The van der Waals surface area contributed by atoms with Gasteiger partial charge in [-0.2, -0.15) is 0 Å². The van der Waals surface area contributed by atoms with Gasteiger partial charge in [-0.3, -0.25) is 9.88 Å². The number of nitrogens with zero attached hydrogens (tertiary/aromatic N) is 4. The smallest absolute Gasteiger partial charge is 0.138 e. The maximum Gasteiger partial charge on any atom is 0.138 e. The molecule has 0 spiro atoms. The van der Waals surface area contributed by atoms with E-state index in [0.29, 0.717) is 6.54 Å². The van der Waals surface area contributed by atoms with E-state index in [1.807, 2.05) is 37.0 Å². The summed E-state index contributed by atoms with van der Waals surface area (Å²) < 4.78 is 2.05. The van der Waals surface area contributed by atoms with Crippen LogP contribution in [0, 0.1) is 6.92 Å². The molecule has 0 aromatic carbocycles. The van der Waals surface area contributed by atoms with Gasteiger partial charge in [0.1, 0.15) is 11.6 Å². The fourth-order valence-corrected chi connectivity index (χ4v) is 2.80. The summed E-state index contributed by atoms with van der Waals surface area (Å²) in [5.74, 6) is 1.30. The van der Waals surface area contributed by atoms with Crippen LogP contribution in [0.15, 0.2) is 24.5 Å². The standard InChI is InChI=1S/C15H21N5O/c1-11-3-4-14(21)12(18-11)10-20-8-5-16-9-13(20)15-17-6-7-19(15)2/h3-4,6-7,13,16,21H,5,8-10H2,1-2H3. The Morgan fingerprint density at radius 2 is 2.29 bits per heavy atom. The predicted octanol–water partition coefficient (Wildman–Crippen LogP) is 0.976. The molecule has 0 amide bonds. The Balaban J connectivity index is 1.85. The molecule has 0 saturated carbocycles. The molecular weight excluding hydrogens is 266 g/mol. The van der Waals surface area contributed by atoms with Crippen LogP contribution >= 0.6 is 0 Å². The van der Waals surface area contributed by atoms with E-state index in [1.165, 1.54) is 0 Å². The van der Waals surface area contributed by atoms with Gasteiger partial charge in [-0.15, -0.1) is 0 Å². The highest BCUT2D eigenvalue weighted by atomic mass is 16.3. The second-order valence-corrected chi connectivity index (χ2v) is 5.51. The van der Waals surface area contributed by atoms with Crippen molar-refractivity contribution in [1.82, 2.24) is 24.8 Å². The monoisotopic (exact) mass is 287 g/mol. The Labute approximate surface area is 124 Å². The highest BCUT2D eigenvalue weighted by molar-refractivity contribution is 5.27. The van der Waals surface area contributed by atoms with E-state index in [2.05, 4.69) is 20.2 Å². The molecular formula is C15H21N5O. The average Bonchev–Trinajstić information content (AvgIpc) is 2.90. The molecule has 1 saturated heterocycles. The average molecular weight is 287 g/mol. The maximum absolute atomic E-state index is 10.0. The Kier molecular flexibility index (Phi) is 3.90. The minimum absolute atomic E-state index is 0.195. The minimum Gasteiger partial charge on any atom is -0.506 e. The minimum atomic E-state index is 0.195. The van der Waals surface area contributed by atoms with Gasteiger partial charge < -0.3 is 15.0 Å². The molecule has 0 bridgehead atoms. The lowest BCUT2D eigenvalue weighted by Gasteiger charge is -2.35. The van der Waals surface area contributed by atoms with Gasteiger partial charge in [0.05, 0.1) is 11.7 Å². The number of hydrogen-bond acceptors (Lipinski definition) is 5. The van der Waals surface area contributed by atoms with Crippen LogP contribution in [-0.4, -0.2) is 44.2 Å². The number of aromatic hydroxyl groups is 1. The first-order valence-corrected chi connectivity index (χ1v) is 7.22. The van der Waals surface area contributed by atoms with Gasteiger partial charge in [0.2, 0.25) is 0 Å². The van der Waals surface area contributed by atoms with E-state index >= 15 is 0 Å². The molecule has 2 aromatic heterocycles. The van der Waals surface area contributed by atoms with Crippen LogP contribution in [0.25, 0.3) is 0 Å². The van der Waals surface area contributed by atoms with Gasteiger partial charge in [-0.05, 0) is 19.1 Å². The molecule has 1 atom stereocenters. The van der Waals surface area contributed by atoms with Gasteiger partial charge in [0.25, 0.3) is 0 Å². The Morgan fingerprint density at radius 1 is 1.43 bits per heavy atom. The Bertz CT molecular complexity index is 624. The number of aromatic nitrogens is 3. The van der Waals surface area contributed by atoms with Crippen molar-refractivity contribution in [1.29, 1.82) is 0 Å². The summed E-state index contributed by atoms with van der Waals surface area (Å²) in [7, 11) is 2.01. The van der Waals surface area contributed by atoms with Gasteiger partial charge >= 0.3 is 0 Å². The summed E-state index contributed by atoms with van der Waals surface area (Å²) in [6.07, 6.45) is 3.79. The number of piperazine rings is 1. The number of rotatable bonds is 3. The Hall–Kier alpha value is -1.92. The second kappa shape index (κ2) is 5.83. The van der Waals surface area contributed by atoms with E-state index in [4.69, 9.17) is 0 Å². The number of nitrogens with one attached hydrogen (secondary N) is 1. The molecule has 112 valence electrons. The molecule has 2 N–H and O–H groups in total. The van der Waals surface area contributed by atoms with Crippen molar-refractivity contribution < 1.29 is 5.11 Å². The quantitative estimate of drug-likeness (QED) is 0.881. The molecule has 0 radical (unpaired) electrons. The third-order valence-electron chi connectivity index (χ3n) is 3.95. The molecule has 0 aliphatic carbocycles. The number of pyridine rings is 1. The van der Waals surface area contributed by atoms with Crippen LogP contribution in [0.1, 0.15) is 23.3 Å². The number of aryl methyl sites for hydroxylation is 2. The van der Waals surface area contributed by atoms with Crippen LogP contribution in [0.5, 0.6) is 5.75 Å². The lowest BCUT2D eigenvalue weighted by Crippen LogP contribution is -2.46. The second-order valence-electron chi connectivity index (χ2n) is 5.51. The van der Waals surface area contributed by atoms with Crippen LogP contribution in [-0.2, 0) is 13.6 Å². The van der Waals surface area contributed by atoms with Crippen molar-refractivity contribution in [3.8, 4) is 5.75 Å². The van der Waals surface area contributed by atoms with E-state index in [0.717, 1.165) is 36.8 Å². The topological polar surface area (TPSA) is 66.2 Å². The summed E-state index contributed by atoms with van der Waals surface area (Å²) in [5.41, 5.74) is 1.66. The van der Waals surface area contributed by atoms with Crippen molar-refractivity contribution >= 4 is 0 Å². The van der Waals surface area contributed by atoms with Gasteiger partial charge in [-0.1, -0.05) is 0 Å². The molecule has 1 unspecified atom stereocenters. The van der Waals surface area contributed by atoms with Crippen molar-refractivity contribution in [3.63, 3.8) is 0 Å². The normalized spacial score (nSPS) is 19.8. The molecule has 3 heterocycles. The summed E-state index contributed by atoms with van der Waals surface area (Å²) in [4.78, 5) is 11.3. The molecule has 6 nitrogen and oxygen atoms in total. The maximum atomic E-state index is 10.0. The van der Waals surface area contributed by atoms with Crippen LogP contribution in [0.3, 0.4) is 0 Å². The van der Waals surface area contributed by atoms with Crippen LogP contribution in [0.4, 0.5) is 0 Å². The van der Waals surface area contributed by atoms with Crippen molar-refractivity contribution in [2.24, 2.45) is 7.05 Å². The van der Waals surface area contributed by atoms with E-state index < -0.39 is 0 Å². The fourth-order valence-electron chi connectivity index (χ4n) is 2.80. The zero-order valence-electron chi connectivity index (χ0n) is 12.5. The molecule has 3 rings (SSSR count). The Morgan fingerprint density at radius 3 is 3.05 bits per heavy atom. The van der Waals surface area contributed by atoms with E-state index in [9.17, 15) is 5.11 Å². The lowest BCUT2D eigenvalue weighted by atomic mass is 10.1. The summed E-state index contributed by atoms with van der Waals surface area (Å²) in [5, 5.41) is 13.4. The predicted molar refractivity (Wildman–Crippen MR) is 79.9 cm³/mol. The summed E-state index contributed by atoms with van der Waals surface area (Å²) in [6, 6.07) is 3.74. The molecule has 6 heteroatoms. The van der Waals surface area contributed by atoms with Gasteiger partial charge in [0.15, 0.2) is 0 Å². The zero-order valence-corrected chi connectivity index (χ0v) is 12.5. The van der Waals surface area contributed by atoms with E-state index in [-0.39, 0.29) is 11.8 Å². The fraction of sp³-hybridized carbons (Fsp3) is 0.467. The first-order valence-electron chi connectivity index (χ1n) is 7.22. The SMILES string of the molecule is Cc1ccc(O)c(CN2CCNCC2c2nccn2C)n1. The molecule has 2 aromatic rings. The first-order chi connectivity index (χ1) is 10.1. The van der Waals surface area contributed by atoms with Crippen molar-refractivity contribution in [3.05, 3.63) is 41.7 Å². The molecule has 1 aliphatic rings. The van der Waals surface area contributed by atoms with Gasteiger partial charge in [-0.25, -0.2) is 4.98 Å². The molecule has 1 fully saturated rings. The number of hydrogen-bond donors (Lipinski definition) is 2. The number of imidazole rings is 1. The third-order valence-corrected chi connectivity index (χ3v) is 3.95. The van der Waals surface area contributed by atoms with Crippen molar-refractivity contribution in [2.75, 3.05) is 19.6 Å². The highest BCUT2D eigenvalue weighted by Crippen LogP contribution is 2.25. The highest BCUT2D eigenvalue weighted by Gasteiger charge is 2.27. The summed E-state index contributed by atoms with van der Waals surface area (Å²) in [6.45, 7) is 5.28. The molecule has 21 heavy (non-hydrogen) atoms.